The molecule has 0 atom stereocenters. The first-order valence-corrected chi connectivity index (χ1v) is 9.71. The summed E-state index contributed by atoms with van der Waals surface area (Å²) in [7, 11) is 4.00. The summed E-state index contributed by atoms with van der Waals surface area (Å²) in [5.74, 6) is 0.661. The van der Waals surface area contributed by atoms with Crippen molar-refractivity contribution >= 4 is 22.7 Å². The molecule has 0 amide bonds. The van der Waals surface area contributed by atoms with Crippen LogP contribution in [0.4, 0.5) is 5.69 Å². The number of allylic oxidation sites excluding steroid dienone is 1. The quantitative estimate of drug-likeness (QED) is 0.518. The maximum Gasteiger partial charge on any atom is 0.266 e. The van der Waals surface area contributed by atoms with E-state index in [-0.39, 0.29) is 5.56 Å². The third kappa shape index (κ3) is 2.93. The van der Waals surface area contributed by atoms with Crippen LogP contribution in [0, 0.1) is 0 Å². The number of hydrogen-bond acceptors (Lipinski definition) is 3. The summed E-state index contributed by atoms with van der Waals surface area (Å²) in [5.41, 5.74) is 5.99. The van der Waals surface area contributed by atoms with Gasteiger partial charge >= 0.3 is 0 Å². The molecule has 5 rings (SSSR count). The fraction of sp³-hybridized carbons (Fsp3) is 0.120. The van der Waals surface area contributed by atoms with Crippen LogP contribution >= 0.6 is 0 Å². The van der Waals surface area contributed by atoms with E-state index in [0.29, 0.717) is 16.7 Å². The van der Waals surface area contributed by atoms with Gasteiger partial charge in [-0.1, -0.05) is 36.4 Å². The van der Waals surface area contributed by atoms with E-state index in [9.17, 15) is 4.79 Å². The van der Waals surface area contributed by atoms with Gasteiger partial charge in [0.05, 0.1) is 16.6 Å². The van der Waals surface area contributed by atoms with Gasteiger partial charge in [0.25, 0.3) is 5.56 Å². The molecule has 0 fully saturated rings. The minimum Gasteiger partial charge on any atom is -0.378 e. The van der Waals surface area contributed by atoms with Crippen molar-refractivity contribution in [2.45, 2.75) is 6.42 Å². The smallest absolute Gasteiger partial charge is 0.266 e. The Kier molecular flexibility index (Phi) is 4.06. The zero-order valence-corrected chi connectivity index (χ0v) is 16.5. The van der Waals surface area contributed by atoms with Crippen molar-refractivity contribution in [3.8, 4) is 17.1 Å². The lowest BCUT2D eigenvalue weighted by Crippen LogP contribution is -2.22. The Balaban J connectivity index is 1.79. The number of benzene rings is 3. The zero-order valence-electron chi connectivity index (χ0n) is 16.5. The predicted molar refractivity (Wildman–Crippen MR) is 120 cm³/mol. The highest BCUT2D eigenvalue weighted by Crippen LogP contribution is 2.28. The Morgan fingerprint density at radius 1 is 0.966 bits per heavy atom. The van der Waals surface area contributed by atoms with Gasteiger partial charge in [-0.3, -0.25) is 9.36 Å². The molecule has 0 unspecified atom stereocenters. The molecule has 1 aliphatic carbocycles. The summed E-state index contributed by atoms with van der Waals surface area (Å²) in [5, 5.41) is 0.619. The molecule has 0 radical (unpaired) electrons. The highest BCUT2D eigenvalue weighted by Gasteiger charge is 2.16. The van der Waals surface area contributed by atoms with Crippen molar-refractivity contribution in [1.29, 1.82) is 0 Å². The first-order chi connectivity index (χ1) is 14.1. The lowest BCUT2D eigenvalue weighted by Gasteiger charge is -2.17. The van der Waals surface area contributed by atoms with Crippen LogP contribution in [-0.4, -0.2) is 23.6 Å². The van der Waals surface area contributed by atoms with Crippen LogP contribution in [-0.2, 0) is 6.42 Å². The molecule has 0 spiro atoms. The number of fused-ring (bicyclic) bond motifs is 2. The molecule has 0 N–H and O–H groups in total. The Hall–Kier alpha value is -3.66. The Bertz CT molecular complexity index is 1310. The van der Waals surface area contributed by atoms with Gasteiger partial charge in [-0.05, 0) is 60.0 Å². The Morgan fingerprint density at radius 2 is 1.76 bits per heavy atom. The second-order valence-corrected chi connectivity index (χ2v) is 7.52. The maximum absolute atomic E-state index is 13.5. The third-order valence-electron chi connectivity index (χ3n) is 5.44. The molecule has 0 bridgehead atoms. The first-order valence-electron chi connectivity index (χ1n) is 9.71. The lowest BCUT2D eigenvalue weighted by atomic mass is 10.0. The van der Waals surface area contributed by atoms with E-state index >= 15 is 0 Å². The van der Waals surface area contributed by atoms with Crippen molar-refractivity contribution in [2.24, 2.45) is 0 Å². The Labute approximate surface area is 169 Å². The number of aromatic nitrogens is 2. The summed E-state index contributed by atoms with van der Waals surface area (Å²) >= 11 is 0. The molecule has 1 heterocycles. The van der Waals surface area contributed by atoms with E-state index < -0.39 is 0 Å². The minimum absolute atomic E-state index is 0.0563. The fourth-order valence-electron chi connectivity index (χ4n) is 3.85. The molecule has 0 aliphatic heterocycles. The summed E-state index contributed by atoms with van der Waals surface area (Å²) in [6.07, 6.45) is 5.25. The van der Waals surface area contributed by atoms with Crippen LogP contribution in [0.1, 0.15) is 11.1 Å². The summed E-state index contributed by atoms with van der Waals surface area (Å²) < 4.78 is 1.72. The van der Waals surface area contributed by atoms with Gasteiger partial charge in [0.2, 0.25) is 0 Å². The molecule has 29 heavy (non-hydrogen) atoms. The third-order valence-corrected chi connectivity index (χ3v) is 5.44. The molecule has 3 aromatic carbocycles. The van der Waals surface area contributed by atoms with Crippen LogP contribution in [0.15, 0.2) is 77.6 Å². The minimum atomic E-state index is -0.0563. The standard InChI is InChI=1S/C25H21N3O/c1-27(2)20-12-14-21(15-13-20)28-24(19-11-10-17-6-5-7-18(17)16-19)26-23-9-4-3-8-22(23)25(28)29/h3-5,7-16H,6H2,1-2H3. The first kappa shape index (κ1) is 17.4. The van der Waals surface area contributed by atoms with Gasteiger partial charge in [-0.15, -0.1) is 0 Å². The summed E-state index contributed by atoms with van der Waals surface area (Å²) in [6, 6.07) is 21.8. The van der Waals surface area contributed by atoms with E-state index in [0.717, 1.165) is 23.4 Å². The lowest BCUT2D eigenvalue weighted by molar-refractivity contribution is 0.974. The van der Waals surface area contributed by atoms with Crippen molar-refractivity contribution in [3.63, 3.8) is 0 Å². The predicted octanol–water partition coefficient (Wildman–Crippen LogP) is 4.69. The zero-order chi connectivity index (χ0) is 20.0. The van der Waals surface area contributed by atoms with Crippen molar-refractivity contribution in [3.05, 3.63) is 94.3 Å². The topological polar surface area (TPSA) is 38.1 Å². The van der Waals surface area contributed by atoms with Crippen LogP contribution < -0.4 is 10.5 Å². The van der Waals surface area contributed by atoms with Crippen molar-refractivity contribution in [2.75, 3.05) is 19.0 Å². The van der Waals surface area contributed by atoms with E-state index in [1.165, 1.54) is 11.1 Å². The molecule has 4 heteroatoms. The highest BCUT2D eigenvalue weighted by atomic mass is 16.1. The van der Waals surface area contributed by atoms with Gasteiger partial charge in [0.1, 0.15) is 5.82 Å². The molecule has 1 aliphatic rings. The Morgan fingerprint density at radius 3 is 2.55 bits per heavy atom. The molecule has 4 aromatic rings. The summed E-state index contributed by atoms with van der Waals surface area (Å²) in [4.78, 5) is 20.4. The van der Waals surface area contributed by atoms with E-state index in [4.69, 9.17) is 4.98 Å². The van der Waals surface area contributed by atoms with E-state index in [2.05, 4.69) is 30.4 Å². The van der Waals surface area contributed by atoms with Crippen LogP contribution in [0.3, 0.4) is 0 Å². The van der Waals surface area contributed by atoms with Gasteiger partial charge in [-0.25, -0.2) is 4.98 Å². The maximum atomic E-state index is 13.5. The molecular formula is C25H21N3O. The van der Waals surface area contributed by atoms with Gasteiger partial charge in [0, 0.05) is 25.3 Å². The molecule has 0 saturated heterocycles. The van der Waals surface area contributed by atoms with E-state index in [1.807, 2.05) is 67.5 Å². The number of hydrogen-bond donors (Lipinski definition) is 0. The van der Waals surface area contributed by atoms with Crippen LogP contribution in [0.2, 0.25) is 0 Å². The largest absolute Gasteiger partial charge is 0.378 e. The van der Waals surface area contributed by atoms with E-state index in [1.54, 1.807) is 4.57 Å². The fourth-order valence-corrected chi connectivity index (χ4v) is 3.85. The SMILES string of the molecule is CN(C)c1ccc(-n2c(-c3ccc4c(c3)C=CC4)nc3ccccc3c2=O)cc1. The highest BCUT2D eigenvalue weighted by molar-refractivity contribution is 5.81. The number of para-hydroxylation sites is 1. The average Bonchev–Trinajstić information content (AvgIpc) is 3.22. The van der Waals surface area contributed by atoms with Gasteiger partial charge < -0.3 is 4.90 Å². The molecular weight excluding hydrogens is 358 g/mol. The molecule has 0 saturated carbocycles. The number of rotatable bonds is 3. The second kappa shape index (κ2) is 6.74. The monoisotopic (exact) mass is 379 g/mol. The van der Waals surface area contributed by atoms with Crippen LogP contribution in [0.5, 0.6) is 0 Å². The number of nitrogens with zero attached hydrogens (tertiary/aromatic N) is 3. The van der Waals surface area contributed by atoms with Gasteiger partial charge in [-0.2, -0.15) is 0 Å². The molecule has 4 nitrogen and oxygen atoms in total. The second-order valence-electron chi connectivity index (χ2n) is 7.52. The van der Waals surface area contributed by atoms with Crippen molar-refractivity contribution in [1.82, 2.24) is 9.55 Å². The molecule has 1 aromatic heterocycles. The number of anilines is 1. The normalized spacial score (nSPS) is 12.3. The van der Waals surface area contributed by atoms with Crippen molar-refractivity contribution < 1.29 is 0 Å². The molecule has 142 valence electrons. The average molecular weight is 379 g/mol. The summed E-state index contributed by atoms with van der Waals surface area (Å²) in [6.45, 7) is 0. The van der Waals surface area contributed by atoms with Crippen LogP contribution in [0.25, 0.3) is 34.1 Å². The van der Waals surface area contributed by atoms with Gasteiger partial charge in [0.15, 0.2) is 0 Å².